The number of hydrogen-bond acceptors (Lipinski definition) is 6. The summed E-state index contributed by atoms with van der Waals surface area (Å²) in [6.45, 7) is 9.33. The predicted molar refractivity (Wildman–Crippen MR) is 96.9 cm³/mol. The number of ether oxygens (including phenoxy) is 4. The van der Waals surface area contributed by atoms with Crippen LogP contribution in [-0.2, 0) is 25.5 Å². The number of esters is 2. The SMILES string of the molecule is C=CCc1cc(C=C2C(=O)OC(C)(C)OC2=O)cc(OC)c1OCCC. The van der Waals surface area contributed by atoms with Gasteiger partial charge in [-0.25, -0.2) is 9.59 Å². The van der Waals surface area contributed by atoms with E-state index in [1.54, 1.807) is 12.1 Å². The number of carbonyl (C=O) groups is 2. The summed E-state index contributed by atoms with van der Waals surface area (Å²) in [6, 6.07) is 3.52. The molecular weight excluding hydrogens is 336 g/mol. The third kappa shape index (κ3) is 4.45. The molecule has 0 atom stereocenters. The molecule has 0 aromatic heterocycles. The average Bonchev–Trinajstić information content (AvgIpc) is 2.56. The Morgan fingerprint density at radius 1 is 1.19 bits per heavy atom. The third-order valence-electron chi connectivity index (χ3n) is 3.62. The van der Waals surface area contributed by atoms with Crippen molar-refractivity contribution in [2.45, 2.75) is 39.4 Å². The van der Waals surface area contributed by atoms with E-state index in [1.165, 1.54) is 27.0 Å². The highest BCUT2D eigenvalue weighted by Crippen LogP contribution is 2.35. The summed E-state index contributed by atoms with van der Waals surface area (Å²) in [5, 5.41) is 0. The van der Waals surface area contributed by atoms with Gasteiger partial charge in [-0.1, -0.05) is 13.0 Å². The van der Waals surface area contributed by atoms with E-state index in [0.29, 0.717) is 30.1 Å². The number of methoxy groups -OCH3 is 1. The van der Waals surface area contributed by atoms with Crippen LogP contribution in [0.5, 0.6) is 11.5 Å². The molecule has 2 rings (SSSR count). The zero-order valence-corrected chi connectivity index (χ0v) is 15.6. The smallest absolute Gasteiger partial charge is 0.348 e. The highest BCUT2D eigenvalue weighted by molar-refractivity contribution is 6.18. The van der Waals surface area contributed by atoms with Crippen molar-refractivity contribution >= 4 is 18.0 Å². The van der Waals surface area contributed by atoms with Crippen molar-refractivity contribution in [1.29, 1.82) is 0 Å². The second kappa shape index (κ2) is 8.08. The Balaban J connectivity index is 2.46. The minimum atomic E-state index is -1.27. The quantitative estimate of drug-likeness (QED) is 0.321. The molecule has 1 saturated heterocycles. The molecule has 1 aromatic rings. The molecule has 0 amide bonds. The standard InChI is InChI=1S/C20H24O6/c1-6-8-14-10-13(12-16(23-5)17(14)24-9-7-2)11-15-18(21)25-20(3,4)26-19(15)22/h6,10-12H,1,7-9H2,2-5H3. The van der Waals surface area contributed by atoms with Gasteiger partial charge in [0.1, 0.15) is 5.57 Å². The summed E-state index contributed by atoms with van der Waals surface area (Å²) in [7, 11) is 1.54. The maximum atomic E-state index is 12.1. The molecule has 26 heavy (non-hydrogen) atoms. The maximum Gasteiger partial charge on any atom is 0.348 e. The van der Waals surface area contributed by atoms with E-state index in [0.717, 1.165) is 12.0 Å². The van der Waals surface area contributed by atoms with Gasteiger partial charge in [0.2, 0.25) is 0 Å². The molecule has 1 aliphatic heterocycles. The van der Waals surface area contributed by atoms with Gasteiger partial charge in [0, 0.05) is 19.4 Å². The summed E-state index contributed by atoms with van der Waals surface area (Å²) in [4.78, 5) is 24.3. The molecule has 0 unspecified atom stereocenters. The van der Waals surface area contributed by atoms with Crippen LogP contribution in [0.1, 0.15) is 38.3 Å². The van der Waals surface area contributed by atoms with Crippen LogP contribution in [-0.4, -0.2) is 31.4 Å². The first kappa shape index (κ1) is 19.6. The van der Waals surface area contributed by atoms with Gasteiger partial charge in [0.25, 0.3) is 5.79 Å². The van der Waals surface area contributed by atoms with Gasteiger partial charge >= 0.3 is 11.9 Å². The van der Waals surface area contributed by atoms with Crippen LogP contribution in [0.2, 0.25) is 0 Å². The van der Waals surface area contributed by atoms with Gasteiger partial charge in [-0.2, -0.15) is 0 Å². The Hall–Kier alpha value is -2.76. The number of allylic oxidation sites excluding steroid dienone is 1. The number of cyclic esters (lactones) is 2. The van der Waals surface area contributed by atoms with Crippen molar-refractivity contribution < 1.29 is 28.5 Å². The minimum absolute atomic E-state index is 0.168. The predicted octanol–water partition coefficient (Wildman–Crippen LogP) is 3.43. The minimum Gasteiger partial charge on any atom is -0.493 e. The largest absolute Gasteiger partial charge is 0.493 e. The van der Waals surface area contributed by atoms with E-state index < -0.39 is 17.7 Å². The van der Waals surface area contributed by atoms with Crippen molar-refractivity contribution in [1.82, 2.24) is 0 Å². The van der Waals surface area contributed by atoms with Crippen LogP contribution in [0.15, 0.2) is 30.4 Å². The van der Waals surface area contributed by atoms with E-state index in [-0.39, 0.29) is 5.57 Å². The van der Waals surface area contributed by atoms with Crippen LogP contribution in [0.25, 0.3) is 6.08 Å². The van der Waals surface area contributed by atoms with E-state index in [1.807, 2.05) is 13.0 Å². The zero-order chi connectivity index (χ0) is 19.3. The highest BCUT2D eigenvalue weighted by atomic mass is 16.7. The summed E-state index contributed by atoms with van der Waals surface area (Å²) in [6.07, 6.45) is 4.58. The molecule has 0 N–H and O–H groups in total. The van der Waals surface area contributed by atoms with E-state index in [4.69, 9.17) is 18.9 Å². The van der Waals surface area contributed by atoms with Gasteiger partial charge in [0.15, 0.2) is 11.5 Å². The fourth-order valence-corrected chi connectivity index (χ4v) is 2.54. The monoisotopic (exact) mass is 360 g/mol. The average molecular weight is 360 g/mol. The molecule has 0 bridgehead atoms. The Bertz CT molecular complexity index is 723. The van der Waals surface area contributed by atoms with E-state index >= 15 is 0 Å². The topological polar surface area (TPSA) is 71.1 Å². The van der Waals surface area contributed by atoms with E-state index in [9.17, 15) is 9.59 Å². The number of carbonyl (C=O) groups excluding carboxylic acids is 2. The Morgan fingerprint density at radius 2 is 1.85 bits per heavy atom. The van der Waals surface area contributed by atoms with Gasteiger partial charge in [0.05, 0.1) is 13.7 Å². The molecular formula is C20H24O6. The molecule has 0 radical (unpaired) electrons. The van der Waals surface area contributed by atoms with Crippen LogP contribution in [0, 0.1) is 0 Å². The molecule has 1 aromatic carbocycles. The van der Waals surface area contributed by atoms with Gasteiger partial charge < -0.3 is 18.9 Å². The van der Waals surface area contributed by atoms with Crippen LogP contribution in [0.3, 0.4) is 0 Å². The lowest BCUT2D eigenvalue weighted by Gasteiger charge is -2.29. The third-order valence-corrected chi connectivity index (χ3v) is 3.62. The summed E-state index contributed by atoms with van der Waals surface area (Å²) < 4.78 is 21.5. The number of rotatable bonds is 7. The first-order chi connectivity index (χ1) is 12.3. The lowest BCUT2D eigenvalue weighted by molar-refractivity contribution is -0.222. The lowest BCUT2D eigenvalue weighted by atomic mass is 10.0. The molecule has 0 aliphatic carbocycles. The highest BCUT2D eigenvalue weighted by Gasteiger charge is 2.38. The van der Waals surface area contributed by atoms with E-state index in [2.05, 4.69) is 6.58 Å². The van der Waals surface area contributed by atoms with Gasteiger partial charge in [-0.15, -0.1) is 6.58 Å². The molecule has 6 nitrogen and oxygen atoms in total. The molecule has 0 saturated carbocycles. The second-order valence-electron chi connectivity index (χ2n) is 6.29. The zero-order valence-electron chi connectivity index (χ0n) is 15.6. The Morgan fingerprint density at radius 3 is 2.38 bits per heavy atom. The van der Waals surface area contributed by atoms with Crippen molar-refractivity contribution in [3.8, 4) is 11.5 Å². The van der Waals surface area contributed by atoms with Crippen molar-refractivity contribution in [3.63, 3.8) is 0 Å². The molecule has 1 heterocycles. The first-order valence-electron chi connectivity index (χ1n) is 8.44. The fourth-order valence-electron chi connectivity index (χ4n) is 2.54. The summed E-state index contributed by atoms with van der Waals surface area (Å²) in [5.41, 5.74) is 1.28. The Labute approximate surface area is 153 Å². The van der Waals surface area contributed by atoms with Gasteiger partial charge in [-0.05, 0) is 36.6 Å². The second-order valence-corrected chi connectivity index (χ2v) is 6.29. The Kier molecular flexibility index (Phi) is 6.08. The van der Waals surface area contributed by atoms with Crippen LogP contribution >= 0.6 is 0 Å². The molecule has 1 aliphatic rings. The van der Waals surface area contributed by atoms with Crippen molar-refractivity contribution in [2.75, 3.05) is 13.7 Å². The fraction of sp³-hybridized carbons (Fsp3) is 0.400. The lowest BCUT2D eigenvalue weighted by Crippen LogP contribution is -2.41. The maximum absolute atomic E-state index is 12.1. The molecule has 1 fully saturated rings. The summed E-state index contributed by atoms with van der Waals surface area (Å²) >= 11 is 0. The van der Waals surface area contributed by atoms with Crippen molar-refractivity contribution in [3.05, 3.63) is 41.5 Å². The molecule has 140 valence electrons. The summed E-state index contributed by atoms with van der Waals surface area (Å²) in [5.74, 6) is -1.56. The van der Waals surface area contributed by atoms with Gasteiger partial charge in [-0.3, -0.25) is 0 Å². The van der Waals surface area contributed by atoms with Crippen LogP contribution in [0.4, 0.5) is 0 Å². The molecule has 0 spiro atoms. The van der Waals surface area contributed by atoms with Crippen LogP contribution < -0.4 is 9.47 Å². The number of hydrogen-bond donors (Lipinski definition) is 0. The normalized spacial score (nSPS) is 15.8. The number of benzene rings is 1. The molecule has 6 heteroatoms. The first-order valence-corrected chi connectivity index (χ1v) is 8.44. The van der Waals surface area contributed by atoms with Crippen molar-refractivity contribution in [2.24, 2.45) is 0 Å².